The SMILES string of the molecule is COc1cc(CNCc2ccn[nH]2)ccn1. The lowest BCUT2D eigenvalue weighted by molar-refractivity contribution is 0.397. The van der Waals surface area contributed by atoms with Gasteiger partial charge in [0.1, 0.15) is 0 Å². The van der Waals surface area contributed by atoms with Crippen molar-refractivity contribution in [1.82, 2.24) is 20.5 Å². The van der Waals surface area contributed by atoms with Gasteiger partial charge in [0, 0.05) is 37.2 Å². The molecular formula is C11H14N4O. The second-order valence-corrected chi connectivity index (χ2v) is 3.39. The van der Waals surface area contributed by atoms with Crippen LogP contribution in [0.1, 0.15) is 11.3 Å². The standard InChI is InChI=1S/C11H14N4O/c1-16-11-6-9(2-4-13-11)7-12-8-10-3-5-14-15-10/h2-6,12H,7-8H2,1H3,(H,14,15). The molecule has 0 spiro atoms. The molecule has 5 nitrogen and oxygen atoms in total. The van der Waals surface area contributed by atoms with Gasteiger partial charge in [-0.15, -0.1) is 0 Å². The van der Waals surface area contributed by atoms with Crippen LogP contribution in [0.25, 0.3) is 0 Å². The van der Waals surface area contributed by atoms with Crippen LogP contribution < -0.4 is 10.1 Å². The maximum atomic E-state index is 5.05. The fourth-order valence-electron chi connectivity index (χ4n) is 1.40. The molecular weight excluding hydrogens is 204 g/mol. The summed E-state index contributed by atoms with van der Waals surface area (Å²) in [4.78, 5) is 4.05. The highest BCUT2D eigenvalue weighted by molar-refractivity contribution is 5.20. The Morgan fingerprint density at radius 3 is 3.00 bits per heavy atom. The third kappa shape index (κ3) is 2.80. The highest BCUT2D eigenvalue weighted by Gasteiger charge is 1.97. The van der Waals surface area contributed by atoms with Gasteiger partial charge >= 0.3 is 0 Å². The van der Waals surface area contributed by atoms with Gasteiger partial charge in [-0.05, 0) is 17.7 Å². The molecule has 2 heterocycles. The maximum absolute atomic E-state index is 5.05. The zero-order valence-electron chi connectivity index (χ0n) is 9.10. The lowest BCUT2D eigenvalue weighted by Gasteiger charge is -2.04. The number of ether oxygens (including phenoxy) is 1. The molecule has 16 heavy (non-hydrogen) atoms. The summed E-state index contributed by atoms with van der Waals surface area (Å²) in [7, 11) is 1.62. The van der Waals surface area contributed by atoms with Crippen LogP contribution in [-0.2, 0) is 13.1 Å². The van der Waals surface area contributed by atoms with Crippen LogP contribution in [-0.4, -0.2) is 22.3 Å². The van der Waals surface area contributed by atoms with E-state index >= 15 is 0 Å². The lowest BCUT2D eigenvalue weighted by Crippen LogP contribution is -2.13. The van der Waals surface area contributed by atoms with Crippen molar-refractivity contribution in [2.75, 3.05) is 7.11 Å². The molecule has 0 aliphatic rings. The van der Waals surface area contributed by atoms with E-state index in [4.69, 9.17) is 4.74 Å². The molecule has 84 valence electrons. The van der Waals surface area contributed by atoms with Gasteiger partial charge in [-0.25, -0.2) is 4.98 Å². The van der Waals surface area contributed by atoms with Crippen molar-refractivity contribution in [3.8, 4) is 5.88 Å². The van der Waals surface area contributed by atoms with Crippen molar-refractivity contribution < 1.29 is 4.74 Å². The fraction of sp³-hybridized carbons (Fsp3) is 0.273. The fourth-order valence-corrected chi connectivity index (χ4v) is 1.40. The zero-order valence-corrected chi connectivity index (χ0v) is 9.10. The van der Waals surface area contributed by atoms with E-state index in [2.05, 4.69) is 20.5 Å². The van der Waals surface area contributed by atoms with Crippen LogP contribution in [0.15, 0.2) is 30.6 Å². The third-order valence-electron chi connectivity index (χ3n) is 2.21. The number of methoxy groups -OCH3 is 1. The number of hydrogen-bond donors (Lipinski definition) is 2. The molecule has 0 radical (unpaired) electrons. The van der Waals surface area contributed by atoms with Crippen LogP contribution in [0.2, 0.25) is 0 Å². The Balaban J connectivity index is 1.85. The summed E-state index contributed by atoms with van der Waals surface area (Å²) < 4.78 is 5.05. The summed E-state index contributed by atoms with van der Waals surface area (Å²) in [6, 6.07) is 5.82. The first-order valence-electron chi connectivity index (χ1n) is 5.06. The molecule has 0 amide bonds. The van der Waals surface area contributed by atoms with Crippen molar-refractivity contribution in [2.45, 2.75) is 13.1 Å². The summed E-state index contributed by atoms with van der Waals surface area (Å²) in [6.45, 7) is 1.54. The summed E-state index contributed by atoms with van der Waals surface area (Å²) in [5.74, 6) is 0.640. The van der Waals surface area contributed by atoms with Gasteiger partial charge < -0.3 is 10.1 Å². The predicted octanol–water partition coefficient (Wildman–Crippen LogP) is 1.10. The van der Waals surface area contributed by atoms with Crippen molar-refractivity contribution in [1.29, 1.82) is 0 Å². The molecule has 0 unspecified atom stereocenters. The monoisotopic (exact) mass is 218 g/mol. The van der Waals surface area contributed by atoms with E-state index in [1.54, 1.807) is 19.5 Å². The van der Waals surface area contributed by atoms with E-state index < -0.39 is 0 Å². The number of pyridine rings is 1. The van der Waals surface area contributed by atoms with Crippen LogP contribution in [0, 0.1) is 0 Å². The van der Waals surface area contributed by atoms with Crippen LogP contribution in [0.4, 0.5) is 0 Å². The number of rotatable bonds is 5. The number of hydrogen-bond acceptors (Lipinski definition) is 4. The second-order valence-electron chi connectivity index (χ2n) is 3.39. The highest BCUT2D eigenvalue weighted by atomic mass is 16.5. The molecule has 2 aromatic rings. The van der Waals surface area contributed by atoms with Gasteiger partial charge in [0.05, 0.1) is 7.11 Å². The van der Waals surface area contributed by atoms with Gasteiger partial charge in [-0.1, -0.05) is 0 Å². The molecule has 0 aromatic carbocycles. The summed E-state index contributed by atoms with van der Waals surface area (Å²) in [6.07, 6.45) is 3.48. The third-order valence-corrected chi connectivity index (χ3v) is 2.21. The number of H-pyrrole nitrogens is 1. The average Bonchev–Trinajstić information content (AvgIpc) is 2.82. The molecule has 2 N–H and O–H groups in total. The molecule has 5 heteroatoms. The molecule has 2 rings (SSSR count). The molecule has 0 bridgehead atoms. The Kier molecular flexibility index (Phi) is 3.50. The minimum absolute atomic E-state index is 0.640. The molecule has 0 aliphatic carbocycles. The predicted molar refractivity (Wildman–Crippen MR) is 59.9 cm³/mol. The van der Waals surface area contributed by atoms with Gasteiger partial charge in [0.25, 0.3) is 0 Å². The average molecular weight is 218 g/mol. The van der Waals surface area contributed by atoms with E-state index in [1.807, 2.05) is 18.2 Å². The van der Waals surface area contributed by atoms with Gasteiger partial charge in [0.15, 0.2) is 0 Å². The van der Waals surface area contributed by atoms with Gasteiger partial charge in [-0.3, -0.25) is 5.10 Å². The number of nitrogens with one attached hydrogen (secondary N) is 2. The van der Waals surface area contributed by atoms with Crippen molar-refractivity contribution in [3.63, 3.8) is 0 Å². The van der Waals surface area contributed by atoms with Gasteiger partial charge in [0.2, 0.25) is 5.88 Å². The Bertz CT molecular complexity index is 427. The van der Waals surface area contributed by atoms with Crippen molar-refractivity contribution in [3.05, 3.63) is 41.9 Å². The maximum Gasteiger partial charge on any atom is 0.213 e. The smallest absolute Gasteiger partial charge is 0.213 e. The number of aromatic nitrogens is 3. The minimum Gasteiger partial charge on any atom is -0.481 e. The topological polar surface area (TPSA) is 62.8 Å². The van der Waals surface area contributed by atoms with Crippen LogP contribution >= 0.6 is 0 Å². The summed E-state index contributed by atoms with van der Waals surface area (Å²) >= 11 is 0. The molecule has 0 fully saturated rings. The summed E-state index contributed by atoms with van der Waals surface area (Å²) in [5, 5.41) is 10.1. The molecule has 0 saturated carbocycles. The van der Waals surface area contributed by atoms with Crippen molar-refractivity contribution in [2.24, 2.45) is 0 Å². The normalized spacial score (nSPS) is 10.3. The highest BCUT2D eigenvalue weighted by Crippen LogP contribution is 2.08. The Morgan fingerprint density at radius 2 is 2.25 bits per heavy atom. The quantitative estimate of drug-likeness (QED) is 0.789. The van der Waals surface area contributed by atoms with E-state index in [0.29, 0.717) is 5.88 Å². The second kappa shape index (κ2) is 5.27. The molecule has 0 saturated heterocycles. The Hall–Kier alpha value is -1.88. The first-order chi connectivity index (χ1) is 7.88. The van der Waals surface area contributed by atoms with Crippen LogP contribution in [0.3, 0.4) is 0 Å². The van der Waals surface area contributed by atoms with E-state index in [0.717, 1.165) is 24.3 Å². The first-order valence-corrected chi connectivity index (χ1v) is 5.06. The van der Waals surface area contributed by atoms with E-state index in [-0.39, 0.29) is 0 Å². The molecule has 0 aliphatic heterocycles. The Labute approximate surface area is 93.9 Å². The Morgan fingerprint density at radius 1 is 1.31 bits per heavy atom. The van der Waals surface area contributed by atoms with Gasteiger partial charge in [-0.2, -0.15) is 5.10 Å². The number of aromatic amines is 1. The van der Waals surface area contributed by atoms with E-state index in [9.17, 15) is 0 Å². The summed E-state index contributed by atoms with van der Waals surface area (Å²) in [5.41, 5.74) is 2.22. The molecule has 0 atom stereocenters. The molecule has 2 aromatic heterocycles. The zero-order chi connectivity index (χ0) is 11.2. The first kappa shape index (κ1) is 10.6. The largest absolute Gasteiger partial charge is 0.481 e. The van der Waals surface area contributed by atoms with E-state index in [1.165, 1.54) is 0 Å². The minimum atomic E-state index is 0.640. The lowest BCUT2D eigenvalue weighted by atomic mass is 10.2. The van der Waals surface area contributed by atoms with Crippen LogP contribution in [0.5, 0.6) is 5.88 Å². The number of nitrogens with zero attached hydrogens (tertiary/aromatic N) is 2. The van der Waals surface area contributed by atoms with Crippen molar-refractivity contribution >= 4 is 0 Å².